The first-order valence-electron chi connectivity index (χ1n) is 7.74. The number of aryl methyl sites for hydroxylation is 2. The van der Waals surface area contributed by atoms with Gasteiger partial charge in [-0.2, -0.15) is 5.10 Å². The molecular weight excluding hydrogens is 356 g/mol. The summed E-state index contributed by atoms with van der Waals surface area (Å²) < 4.78 is 1.62. The zero-order valence-electron chi connectivity index (χ0n) is 14.1. The number of hydrogen-bond acceptors (Lipinski definition) is 4. The second-order valence-electron chi connectivity index (χ2n) is 5.79. The molecule has 1 aromatic heterocycles. The van der Waals surface area contributed by atoms with Crippen LogP contribution in [0.5, 0.6) is 0 Å². The predicted octanol–water partition coefficient (Wildman–Crippen LogP) is 4.30. The zero-order chi connectivity index (χ0) is 18.8. The highest BCUT2D eigenvalue weighted by molar-refractivity contribution is 6.31. The van der Waals surface area contributed by atoms with E-state index in [2.05, 4.69) is 10.4 Å². The van der Waals surface area contributed by atoms with Crippen LogP contribution in [0, 0.1) is 24.0 Å². The fourth-order valence-corrected chi connectivity index (χ4v) is 2.60. The smallest absolute Gasteiger partial charge is 0.283 e. The number of nitro groups is 1. The van der Waals surface area contributed by atoms with E-state index in [1.54, 1.807) is 16.9 Å². The van der Waals surface area contributed by atoms with Gasteiger partial charge in [0.1, 0.15) is 5.56 Å². The molecule has 3 rings (SSSR count). The van der Waals surface area contributed by atoms with Crippen LogP contribution in [0.1, 0.15) is 21.5 Å². The summed E-state index contributed by atoms with van der Waals surface area (Å²) in [6.45, 7) is 4.03. The Morgan fingerprint density at radius 2 is 1.92 bits per heavy atom. The van der Waals surface area contributed by atoms with Gasteiger partial charge in [0.05, 0.1) is 10.6 Å². The molecule has 0 bridgehead atoms. The van der Waals surface area contributed by atoms with E-state index in [4.69, 9.17) is 11.6 Å². The molecule has 0 radical (unpaired) electrons. The number of nitrogens with zero attached hydrogens (tertiary/aromatic N) is 3. The summed E-state index contributed by atoms with van der Waals surface area (Å²) in [7, 11) is 0. The summed E-state index contributed by atoms with van der Waals surface area (Å²) in [6, 6.07) is 11.4. The van der Waals surface area contributed by atoms with Crippen molar-refractivity contribution in [1.29, 1.82) is 0 Å². The summed E-state index contributed by atoms with van der Waals surface area (Å²) in [5.41, 5.74) is 2.71. The highest BCUT2D eigenvalue weighted by Gasteiger charge is 2.21. The minimum Gasteiger partial charge on any atom is -0.305 e. The van der Waals surface area contributed by atoms with E-state index >= 15 is 0 Å². The number of amides is 1. The standard InChI is InChI=1S/C18H15ClN4O3/c1-11-3-5-14(9-12(11)2)22-8-7-17(21-22)20-18(24)15-6-4-13(19)10-16(15)23(25)26/h3-10H,1-2H3,(H,20,21,24). The summed E-state index contributed by atoms with van der Waals surface area (Å²) in [6.07, 6.45) is 1.70. The summed E-state index contributed by atoms with van der Waals surface area (Å²) in [4.78, 5) is 22.9. The Morgan fingerprint density at radius 3 is 2.62 bits per heavy atom. The Hall–Kier alpha value is -3.19. The van der Waals surface area contributed by atoms with Gasteiger partial charge in [-0.3, -0.25) is 14.9 Å². The Bertz CT molecular complexity index is 1010. The fraction of sp³-hybridized carbons (Fsp3) is 0.111. The van der Waals surface area contributed by atoms with Crippen molar-refractivity contribution in [3.8, 4) is 5.69 Å². The molecule has 0 saturated carbocycles. The number of carbonyl (C=O) groups excluding carboxylic acids is 1. The number of benzene rings is 2. The van der Waals surface area contributed by atoms with Gasteiger partial charge < -0.3 is 5.32 Å². The van der Waals surface area contributed by atoms with Gasteiger partial charge in [-0.05, 0) is 49.2 Å². The van der Waals surface area contributed by atoms with Gasteiger partial charge in [0.25, 0.3) is 11.6 Å². The maximum absolute atomic E-state index is 12.4. The summed E-state index contributed by atoms with van der Waals surface area (Å²) in [5.74, 6) is -0.337. The first kappa shape index (κ1) is 17.6. The molecule has 1 amide bonds. The fourth-order valence-electron chi connectivity index (χ4n) is 2.43. The van der Waals surface area contributed by atoms with Crippen molar-refractivity contribution in [2.24, 2.45) is 0 Å². The van der Waals surface area contributed by atoms with E-state index in [1.807, 2.05) is 32.0 Å². The molecule has 0 fully saturated rings. The third kappa shape index (κ3) is 3.57. The quantitative estimate of drug-likeness (QED) is 0.547. The molecule has 132 valence electrons. The predicted molar refractivity (Wildman–Crippen MR) is 99.1 cm³/mol. The van der Waals surface area contributed by atoms with Crippen molar-refractivity contribution < 1.29 is 9.72 Å². The number of nitrogens with one attached hydrogen (secondary N) is 1. The molecule has 3 aromatic rings. The third-order valence-electron chi connectivity index (χ3n) is 3.99. The monoisotopic (exact) mass is 370 g/mol. The van der Waals surface area contributed by atoms with E-state index in [0.717, 1.165) is 17.3 Å². The van der Waals surface area contributed by atoms with E-state index in [1.165, 1.54) is 17.7 Å². The Balaban J connectivity index is 1.84. The number of nitro benzene ring substituents is 1. The van der Waals surface area contributed by atoms with Crippen LogP contribution >= 0.6 is 11.6 Å². The topological polar surface area (TPSA) is 90.1 Å². The molecule has 0 saturated heterocycles. The van der Waals surface area contributed by atoms with Crippen LogP contribution in [0.15, 0.2) is 48.7 Å². The number of halogens is 1. The van der Waals surface area contributed by atoms with E-state index in [-0.39, 0.29) is 22.1 Å². The van der Waals surface area contributed by atoms with Crippen LogP contribution in [0.2, 0.25) is 5.02 Å². The van der Waals surface area contributed by atoms with E-state index < -0.39 is 10.8 Å². The number of hydrogen-bond donors (Lipinski definition) is 1. The number of aromatic nitrogens is 2. The Labute approximate surface area is 154 Å². The molecule has 0 aliphatic carbocycles. The van der Waals surface area contributed by atoms with Crippen LogP contribution < -0.4 is 5.32 Å². The van der Waals surface area contributed by atoms with Crippen molar-refractivity contribution in [3.63, 3.8) is 0 Å². The van der Waals surface area contributed by atoms with Crippen molar-refractivity contribution in [2.45, 2.75) is 13.8 Å². The van der Waals surface area contributed by atoms with Gasteiger partial charge in [0.15, 0.2) is 5.82 Å². The molecule has 8 heteroatoms. The van der Waals surface area contributed by atoms with E-state index in [0.29, 0.717) is 0 Å². The van der Waals surface area contributed by atoms with Crippen LogP contribution in [-0.4, -0.2) is 20.6 Å². The SMILES string of the molecule is Cc1ccc(-n2ccc(NC(=O)c3ccc(Cl)cc3[N+](=O)[O-])n2)cc1C. The number of carbonyl (C=O) groups is 1. The van der Waals surface area contributed by atoms with Crippen molar-refractivity contribution >= 4 is 29.0 Å². The Morgan fingerprint density at radius 1 is 1.15 bits per heavy atom. The highest BCUT2D eigenvalue weighted by Crippen LogP contribution is 2.24. The Kier molecular flexibility index (Phi) is 4.73. The van der Waals surface area contributed by atoms with Crippen LogP contribution in [0.4, 0.5) is 11.5 Å². The maximum atomic E-state index is 12.4. The highest BCUT2D eigenvalue weighted by atomic mass is 35.5. The van der Waals surface area contributed by atoms with E-state index in [9.17, 15) is 14.9 Å². The molecule has 1 heterocycles. The average Bonchev–Trinajstić information content (AvgIpc) is 3.05. The van der Waals surface area contributed by atoms with Crippen molar-refractivity contribution in [1.82, 2.24) is 9.78 Å². The lowest BCUT2D eigenvalue weighted by Crippen LogP contribution is -2.14. The number of anilines is 1. The lowest BCUT2D eigenvalue weighted by Gasteiger charge is -2.06. The number of rotatable bonds is 4. The first-order chi connectivity index (χ1) is 12.3. The molecule has 2 aromatic carbocycles. The van der Waals surface area contributed by atoms with Gasteiger partial charge in [-0.15, -0.1) is 0 Å². The molecule has 1 N–H and O–H groups in total. The molecule has 0 aliphatic rings. The van der Waals surface area contributed by atoms with Crippen LogP contribution in [0.3, 0.4) is 0 Å². The summed E-state index contributed by atoms with van der Waals surface area (Å²) >= 11 is 5.77. The van der Waals surface area contributed by atoms with Gasteiger partial charge in [0, 0.05) is 23.4 Å². The van der Waals surface area contributed by atoms with Gasteiger partial charge in [-0.25, -0.2) is 4.68 Å². The van der Waals surface area contributed by atoms with Gasteiger partial charge >= 0.3 is 0 Å². The van der Waals surface area contributed by atoms with Crippen molar-refractivity contribution in [3.05, 3.63) is 80.5 Å². The molecule has 0 atom stereocenters. The molecule has 0 aliphatic heterocycles. The third-order valence-corrected chi connectivity index (χ3v) is 4.22. The lowest BCUT2D eigenvalue weighted by molar-refractivity contribution is -0.385. The largest absolute Gasteiger partial charge is 0.305 e. The zero-order valence-corrected chi connectivity index (χ0v) is 14.8. The minimum atomic E-state index is -0.644. The van der Waals surface area contributed by atoms with Gasteiger partial charge in [-0.1, -0.05) is 17.7 Å². The molecule has 0 spiro atoms. The molecule has 26 heavy (non-hydrogen) atoms. The second kappa shape index (κ2) is 6.97. The van der Waals surface area contributed by atoms with Crippen LogP contribution in [0.25, 0.3) is 5.69 Å². The summed E-state index contributed by atoms with van der Waals surface area (Å²) in [5, 5.41) is 18.2. The molecule has 0 unspecified atom stereocenters. The van der Waals surface area contributed by atoms with Crippen molar-refractivity contribution in [2.75, 3.05) is 5.32 Å². The second-order valence-corrected chi connectivity index (χ2v) is 6.22. The maximum Gasteiger partial charge on any atom is 0.283 e. The first-order valence-corrected chi connectivity index (χ1v) is 8.11. The molecule has 7 nitrogen and oxygen atoms in total. The molecular formula is C18H15ClN4O3. The van der Waals surface area contributed by atoms with Gasteiger partial charge in [0.2, 0.25) is 0 Å². The average molecular weight is 371 g/mol. The lowest BCUT2D eigenvalue weighted by atomic mass is 10.1. The normalized spacial score (nSPS) is 10.6. The van der Waals surface area contributed by atoms with Crippen LogP contribution in [-0.2, 0) is 0 Å². The minimum absolute atomic E-state index is 0.0832.